The molecule has 1 N–H and O–H groups in total. The van der Waals surface area contributed by atoms with Crippen molar-refractivity contribution >= 4 is 29.9 Å². The molecule has 0 aromatic carbocycles. The molecule has 0 unspecified atom stereocenters. The van der Waals surface area contributed by atoms with Gasteiger partial charge in [0.2, 0.25) is 0 Å². The monoisotopic (exact) mass is 449 g/mol. The molecule has 0 radical (unpaired) electrons. The Morgan fingerprint density at radius 3 is 2.54 bits per heavy atom. The van der Waals surface area contributed by atoms with Gasteiger partial charge < -0.3 is 14.7 Å². The van der Waals surface area contributed by atoms with Crippen LogP contribution in [0.15, 0.2) is 21.8 Å². The first-order chi connectivity index (χ1) is 11.0. The fourth-order valence-corrected chi connectivity index (χ4v) is 2.82. The SMILES string of the molecule is CN=C(NCCCC(C)(C)C)N1CCN(Cc2ccon2)CC1.I. The van der Waals surface area contributed by atoms with E-state index in [0.29, 0.717) is 5.41 Å². The Bertz CT molecular complexity index is 476. The molecule has 0 saturated carbocycles. The van der Waals surface area contributed by atoms with Crippen LogP contribution in [0.5, 0.6) is 0 Å². The van der Waals surface area contributed by atoms with E-state index in [2.05, 4.69) is 46.0 Å². The number of halogens is 1. The van der Waals surface area contributed by atoms with Crippen molar-refractivity contribution in [3.63, 3.8) is 0 Å². The second-order valence-corrected chi connectivity index (χ2v) is 7.39. The minimum atomic E-state index is 0. The van der Waals surface area contributed by atoms with Gasteiger partial charge >= 0.3 is 0 Å². The second kappa shape index (κ2) is 10.2. The van der Waals surface area contributed by atoms with E-state index in [1.54, 1.807) is 6.26 Å². The van der Waals surface area contributed by atoms with Crippen LogP contribution in [-0.4, -0.2) is 60.7 Å². The molecule has 2 rings (SSSR count). The first-order valence-electron chi connectivity index (χ1n) is 8.55. The molecule has 0 atom stereocenters. The van der Waals surface area contributed by atoms with Gasteiger partial charge in [-0.2, -0.15) is 0 Å². The summed E-state index contributed by atoms with van der Waals surface area (Å²) in [7, 11) is 1.87. The number of hydrogen-bond donors (Lipinski definition) is 1. The Balaban J connectivity index is 0.00000288. The van der Waals surface area contributed by atoms with Gasteiger partial charge in [0.15, 0.2) is 5.96 Å². The van der Waals surface area contributed by atoms with Crippen LogP contribution < -0.4 is 5.32 Å². The molecule has 1 aromatic heterocycles. The summed E-state index contributed by atoms with van der Waals surface area (Å²) in [6, 6.07) is 1.93. The van der Waals surface area contributed by atoms with E-state index in [-0.39, 0.29) is 24.0 Å². The smallest absolute Gasteiger partial charge is 0.193 e. The molecule has 0 aliphatic carbocycles. The van der Waals surface area contributed by atoms with E-state index < -0.39 is 0 Å². The maximum atomic E-state index is 4.90. The molecule has 2 heterocycles. The second-order valence-electron chi connectivity index (χ2n) is 7.39. The van der Waals surface area contributed by atoms with Crippen LogP contribution in [0.2, 0.25) is 0 Å². The van der Waals surface area contributed by atoms with E-state index in [9.17, 15) is 0 Å². The van der Waals surface area contributed by atoms with Crippen LogP contribution in [0.3, 0.4) is 0 Å². The zero-order chi connectivity index (χ0) is 16.7. The lowest BCUT2D eigenvalue weighted by Gasteiger charge is -2.36. The van der Waals surface area contributed by atoms with Crippen LogP contribution in [0.25, 0.3) is 0 Å². The number of hydrogen-bond acceptors (Lipinski definition) is 4. The van der Waals surface area contributed by atoms with Gasteiger partial charge in [-0.1, -0.05) is 25.9 Å². The van der Waals surface area contributed by atoms with Crippen LogP contribution in [0.1, 0.15) is 39.3 Å². The molecule has 1 aliphatic heterocycles. The highest BCUT2D eigenvalue weighted by Gasteiger charge is 2.20. The quantitative estimate of drug-likeness (QED) is 0.324. The summed E-state index contributed by atoms with van der Waals surface area (Å²) in [5, 5.41) is 7.49. The number of aromatic nitrogens is 1. The van der Waals surface area contributed by atoms with E-state index in [1.165, 1.54) is 12.8 Å². The van der Waals surface area contributed by atoms with E-state index in [1.807, 2.05) is 13.1 Å². The predicted molar refractivity (Wildman–Crippen MR) is 109 cm³/mol. The summed E-state index contributed by atoms with van der Waals surface area (Å²) in [6.07, 6.45) is 4.03. The third kappa shape index (κ3) is 7.38. The van der Waals surface area contributed by atoms with Crippen molar-refractivity contribution in [1.82, 2.24) is 20.3 Å². The summed E-state index contributed by atoms with van der Waals surface area (Å²) in [6.45, 7) is 12.8. The Morgan fingerprint density at radius 2 is 2.00 bits per heavy atom. The van der Waals surface area contributed by atoms with Gasteiger partial charge in [0.25, 0.3) is 0 Å². The normalized spacial score (nSPS) is 16.8. The van der Waals surface area contributed by atoms with Crippen LogP contribution in [0, 0.1) is 5.41 Å². The minimum Gasteiger partial charge on any atom is -0.364 e. The van der Waals surface area contributed by atoms with Gasteiger partial charge in [0.1, 0.15) is 6.26 Å². The summed E-state index contributed by atoms with van der Waals surface area (Å²) in [4.78, 5) is 9.18. The Hall–Kier alpha value is -0.830. The summed E-state index contributed by atoms with van der Waals surface area (Å²) in [5.74, 6) is 1.03. The summed E-state index contributed by atoms with van der Waals surface area (Å²) < 4.78 is 4.90. The number of piperazine rings is 1. The Labute approximate surface area is 163 Å². The van der Waals surface area contributed by atoms with Gasteiger partial charge in [-0.25, -0.2) is 0 Å². The van der Waals surface area contributed by atoms with Crippen molar-refractivity contribution in [3.05, 3.63) is 18.0 Å². The molecular weight excluding hydrogens is 417 g/mol. The lowest BCUT2D eigenvalue weighted by Crippen LogP contribution is -2.52. The van der Waals surface area contributed by atoms with Crippen molar-refractivity contribution in [2.75, 3.05) is 39.8 Å². The fourth-order valence-electron chi connectivity index (χ4n) is 2.82. The minimum absolute atomic E-state index is 0. The van der Waals surface area contributed by atoms with E-state index in [4.69, 9.17) is 4.52 Å². The molecule has 138 valence electrons. The number of nitrogens with one attached hydrogen (secondary N) is 1. The van der Waals surface area contributed by atoms with Gasteiger partial charge in [0, 0.05) is 52.4 Å². The van der Waals surface area contributed by atoms with Crippen molar-refractivity contribution in [3.8, 4) is 0 Å². The average Bonchev–Trinajstić information content (AvgIpc) is 3.00. The lowest BCUT2D eigenvalue weighted by molar-refractivity contribution is 0.169. The highest BCUT2D eigenvalue weighted by molar-refractivity contribution is 14.0. The topological polar surface area (TPSA) is 56.9 Å². The van der Waals surface area contributed by atoms with Crippen molar-refractivity contribution in [2.24, 2.45) is 10.4 Å². The molecule has 6 nitrogen and oxygen atoms in total. The molecule has 0 bridgehead atoms. The number of nitrogens with zero attached hydrogens (tertiary/aromatic N) is 4. The maximum Gasteiger partial charge on any atom is 0.193 e. The van der Waals surface area contributed by atoms with Crippen LogP contribution in [-0.2, 0) is 6.54 Å². The van der Waals surface area contributed by atoms with Crippen molar-refractivity contribution < 1.29 is 4.52 Å². The largest absolute Gasteiger partial charge is 0.364 e. The van der Waals surface area contributed by atoms with Crippen molar-refractivity contribution in [2.45, 2.75) is 40.2 Å². The van der Waals surface area contributed by atoms with E-state index in [0.717, 1.165) is 50.9 Å². The Kier molecular flexibility index (Phi) is 9.04. The number of guanidine groups is 1. The molecule has 0 amide bonds. The first kappa shape index (κ1) is 21.2. The highest BCUT2D eigenvalue weighted by Crippen LogP contribution is 2.19. The summed E-state index contributed by atoms with van der Waals surface area (Å²) in [5.41, 5.74) is 1.40. The molecule has 1 fully saturated rings. The first-order valence-corrected chi connectivity index (χ1v) is 8.55. The standard InChI is InChI=1S/C17H31N5O.HI/c1-17(2,3)7-5-8-19-16(18-4)22-11-9-21(10-12-22)14-15-6-13-23-20-15;/h6,13H,5,7-12,14H2,1-4H3,(H,18,19);1H. The Morgan fingerprint density at radius 1 is 1.29 bits per heavy atom. The third-order valence-corrected chi connectivity index (χ3v) is 4.15. The number of aliphatic imine (C=N–C) groups is 1. The molecule has 24 heavy (non-hydrogen) atoms. The average molecular weight is 449 g/mol. The molecular formula is C17H32IN5O. The maximum absolute atomic E-state index is 4.90. The lowest BCUT2D eigenvalue weighted by atomic mass is 9.91. The molecule has 0 spiro atoms. The van der Waals surface area contributed by atoms with Crippen LogP contribution in [0.4, 0.5) is 0 Å². The highest BCUT2D eigenvalue weighted by atomic mass is 127. The fraction of sp³-hybridized carbons (Fsp3) is 0.765. The molecule has 1 aromatic rings. The number of rotatable bonds is 5. The summed E-state index contributed by atoms with van der Waals surface area (Å²) >= 11 is 0. The molecule has 1 saturated heterocycles. The zero-order valence-electron chi connectivity index (χ0n) is 15.4. The third-order valence-electron chi connectivity index (χ3n) is 4.15. The zero-order valence-corrected chi connectivity index (χ0v) is 17.7. The van der Waals surface area contributed by atoms with Gasteiger partial charge in [0.05, 0.1) is 5.69 Å². The van der Waals surface area contributed by atoms with Gasteiger partial charge in [-0.15, -0.1) is 24.0 Å². The van der Waals surface area contributed by atoms with Crippen LogP contribution >= 0.6 is 24.0 Å². The predicted octanol–water partition coefficient (Wildman–Crippen LogP) is 2.81. The molecule has 1 aliphatic rings. The van der Waals surface area contributed by atoms with E-state index >= 15 is 0 Å². The van der Waals surface area contributed by atoms with Crippen molar-refractivity contribution in [1.29, 1.82) is 0 Å². The van der Waals surface area contributed by atoms with Gasteiger partial charge in [-0.3, -0.25) is 9.89 Å². The molecule has 7 heteroatoms. The van der Waals surface area contributed by atoms with Gasteiger partial charge in [-0.05, 0) is 18.3 Å².